The van der Waals surface area contributed by atoms with Gasteiger partial charge in [0.2, 0.25) is 0 Å². The summed E-state index contributed by atoms with van der Waals surface area (Å²) >= 11 is 3.21. The second-order valence-electron chi connectivity index (χ2n) is 8.45. The first kappa shape index (κ1) is 26.2. The molecule has 3 aromatic heterocycles. The predicted molar refractivity (Wildman–Crippen MR) is 156 cm³/mol. The van der Waals surface area contributed by atoms with Crippen molar-refractivity contribution in [3.05, 3.63) is 77.2 Å². The van der Waals surface area contributed by atoms with Crippen molar-refractivity contribution >= 4 is 67.2 Å². The van der Waals surface area contributed by atoms with Gasteiger partial charge < -0.3 is 4.90 Å². The van der Waals surface area contributed by atoms with Gasteiger partial charge in [-0.3, -0.25) is 9.69 Å². The zero-order valence-corrected chi connectivity index (χ0v) is 23.1. The number of benzene rings is 2. The molecule has 0 saturated carbocycles. The molecule has 0 N–H and O–H groups in total. The molecule has 0 aliphatic heterocycles. The van der Waals surface area contributed by atoms with Crippen LogP contribution in [0.25, 0.3) is 31.7 Å². The molecule has 5 aromatic rings. The highest BCUT2D eigenvalue weighted by Gasteiger charge is 2.25. The third-order valence-corrected chi connectivity index (χ3v) is 8.28. The molecule has 186 valence electrons. The smallest absolute Gasteiger partial charge is 0.260 e. The Morgan fingerprint density at radius 3 is 2.47 bits per heavy atom. The summed E-state index contributed by atoms with van der Waals surface area (Å²) in [6, 6.07) is 20.1. The summed E-state index contributed by atoms with van der Waals surface area (Å²) in [5.74, 6) is -0.0368. The van der Waals surface area contributed by atoms with Crippen molar-refractivity contribution in [1.82, 2.24) is 14.9 Å². The van der Waals surface area contributed by atoms with Crippen LogP contribution in [0.1, 0.15) is 29.8 Å². The van der Waals surface area contributed by atoms with Gasteiger partial charge in [-0.2, -0.15) is 0 Å². The number of rotatable bonds is 8. The van der Waals surface area contributed by atoms with Gasteiger partial charge in [-0.25, -0.2) is 9.97 Å². The van der Waals surface area contributed by atoms with E-state index >= 15 is 0 Å². The zero-order valence-electron chi connectivity index (χ0n) is 20.6. The molecule has 0 saturated heterocycles. The van der Waals surface area contributed by atoms with Gasteiger partial charge in [-0.15, -0.1) is 23.7 Å². The molecule has 5 nitrogen and oxygen atoms in total. The molecule has 2 aromatic carbocycles. The third-order valence-electron chi connectivity index (χ3n) is 6.34. The van der Waals surface area contributed by atoms with Crippen LogP contribution in [0.15, 0.2) is 66.0 Å². The van der Waals surface area contributed by atoms with E-state index in [1.165, 1.54) is 0 Å². The fourth-order valence-electron chi connectivity index (χ4n) is 4.30. The molecule has 0 radical (unpaired) electrons. The second-order valence-corrected chi connectivity index (χ2v) is 10.4. The summed E-state index contributed by atoms with van der Waals surface area (Å²) in [5, 5.41) is 3.64. The van der Waals surface area contributed by atoms with Crippen molar-refractivity contribution in [2.24, 2.45) is 0 Å². The van der Waals surface area contributed by atoms with Crippen LogP contribution in [-0.4, -0.2) is 47.0 Å². The number of anilines is 1. The number of carbonyl (C=O) groups is 1. The van der Waals surface area contributed by atoms with Crippen LogP contribution in [0.3, 0.4) is 0 Å². The Morgan fingerprint density at radius 1 is 0.944 bits per heavy atom. The highest BCUT2D eigenvalue weighted by Crippen LogP contribution is 2.33. The molecule has 8 heteroatoms. The molecule has 3 heterocycles. The van der Waals surface area contributed by atoms with E-state index in [1.807, 2.05) is 58.8 Å². The van der Waals surface area contributed by atoms with Gasteiger partial charge in [0.25, 0.3) is 5.91 Å². The predicted octanol–water partition coefficient (Wildman–Crippen LogP) is 7.29. The number of aryl methyl sites for hydroxylation is 1. The molecular formula is C28H29ClN4OS2. The average Bonchev–Trinajstić information content (AvgIpc) is 3.57. The van der Waals surface area contributed by atoms with Crippen molar-refractivity contribution in [3.63, 3.8) is 0 Å². The maximum absolute atomic E-state index is 14.3. The standard InChI is InChI=1S/C28H28N4OS2.ClH/c1-4-31(5-2)15-16-32(28-30-26-19(3)10-8-13-25(26)35-28)27(33)21-18-23(24-14-9-17-34-24)29-22-12-7-6-11-20(21)22;/h6-14,17-18H,4-5,15-16H2,1-3H3;1H. The topological polar surface area (TPSA) is 49.3 Å². The maximum Gasteiger partial charge on any atom is 0.260 e. The lowest BCUT2D eigenvalue weighted by atomic mass is 10.1. The maximum atomic E-state index is 14.3. The van der Waals surface area contributed by atoms with Crippen LogP contribution in [0, 0.1) is 6.92 Å². The first-order valence-corrected chi connectivity index (χ1v) is 13.6. The number of carbonyl (C=O) groups excluding carboxylic acids is 1. The number of hydrogen-bond acceptors (Lipinski definition) is 6. The van der Waals surface area contributed by atoms with Crippen molar-refractivity contribution < 1.29 is 4.79 Å². The van der Waals surface area contributed by atoms with Crippen LogP contribution in [0.5, 0.6) is 0 Å². The Kier molecular flexibility index (Phi) is 8.36. The van der Waals surface area contributed by atoms with Crippen LogP contribution in [-0.2, 0) is 0 Å². The Morgan fingerprint density at radius 2 is 1.75 bits per heavy atom. The molecule has 0 bridgehead atoms. The van der Waals surface area contributed by atoms with E-state index < -0.39 is 0 Å². The number of fused-ring (bicyclic) bond motifs is 2. The second kappa shape index (κ2) is 11.5. The molecule has 0 atom stereocenters. The summed E-state index contributed by atoms with van der Waals surface area (Å²) in [6.07, 6.45) is 0. The minimum Gasteiger partial charge on any atom is -0.302 e. The third kappa shape index (κ3) is 5.15. The van der Waals surface area contributed by atoms with E-state index in [-0.39, 0.29) is 18.3 Å². The Bertz CT molecular complexity index is 1480. The SMILES string of the molecule is CCN(CC)CCN(C(=O)c1cc(-c2cccs2)nc2ccccc12)c1nc2c(C)cccc2s1.Cl. The molecular weight excluding hydrogens is 508 g/mol. The lowest BCUT2D eigenvalue weighted by Crippen LogP contribution is -2.39. The highest BCUT2D eigenvalue weighted by atomic mass is 35.5. The fraction of sp³-hybridized carbons (Fsp3) is 0.250. The molecule has 0 fully saturated rings. The number of para-hydroxylation sites is 2. The fourth-order valence-corrected chi connectivity index (χ4v) is 6.06. The Hall–Kier alpha value is -2.84. The highest BCUT2D eigenvalue weighted by molar-refractivity contribution is 7.22. The zero-order chi connectivity index (χ0) is 24.4. The van der Waals surface area contributed by atoms with Crippen LogP contribution in [0.2, 0.25) is 0 Å². The Labute approximate surface area is 225 Å². The van der Waals surface area contributed by atoms with E-state index in [0.717, 1.165) is 62.0 Å². The lowest BCUT2D eigenvalue weighted by molar-refractivity contribution is 0.0985. The minimum absolute atomic E-state index is 0. The van der Waals surface area contributed by atoms with Crippen LogP contribution >= 0.6 is 35.1 Å². The number of thiazole rings is 1. The van der Waals surface area contributed by atoms with Crippen molar-refractivity contribution in [1.29, 1.82) is 0 Å². The lowest BCUT2D eigenvalue weighted by Gasteiger charge is -2.25. The molecule has 5 rings (SSSR count). The first-order valence-electron chi connectivity index (χ1n) is 11.9. The summed E-state index contributed by atoms with van der Waals surface area (Å²) in [4.78, 5) is 29.3. The van der Waals surface area contributed by atoms with Crippen molar-refractivity contribution in [3.8, 4) is 10.6 Å². The van der Waals surface area contributed by atoms with E-state index in [1.54, 1.807) is 22.7 Å². The van der Waals surface area contributed by atoms with Gasteiger partial charge in [-0.1, -0.05) is 61.6 Å². The molecule has 0 aliphatic rings. The molecule has 36 heavy (non-hydrogen) atoms. The number of halogens is 1. The van der Waals surface area contributed by atoms with Crippen molar-refractivity contribution in [2.75, 3.05) is 31.1 Å². The van der Waals surface area contributed by atoms with E-state index in [2.05, 4.69) is 37.8 Å². The van der Waals surface area contributed by atoms with Gasteiger partial charge in [0.1, 0.15) is 0 Å². The molecule has 0 aliphatic carbocycles. The normalized spacial score (nSPS) is 11.2. The van der Waals surface area contributed by atoms with Crippen molar-refractivity contribution in [2.45, 2.75) is 20.8 Å². The van der Waals surface area contributed by atoms with Gasteiger partial charge >= 0.3 is 0 Å². The minimum atomic E-state index is -0.0368. The van der Waals surface area contributed by atoms with E-state index in [4.69, 9.17) is 9.97 Å². The monoisotopic (exact) mass is 536 g/mol. The van der Waals surface area contributed by atoms with E-state index in [0.29, 0.717) is 12.1 Å². The van der Waals surface area contributed by atoms with Gasteiger partial charge in [0.05, 0.1) is 31.9 Å². The Balaban J connectivity index is 0.00000304. The summed E-state index contributed by atoms with van der Waals surface area (Å²) in [5.41, 5.74) is 4.40. The number of aromatic nitrogens is 2. The average molecular weight is 537 g/mol. The number of thiophene rings is 1. The van der Waals surface area contributed by atoms with Gasteiger partial charge in [0, 0.05) is 18.5 Å². The largest absolute Gasteiger partial charge is 0.302 e. The number of likely N-dealkylation sites (N-methyl/N-ethyl adjacent to an activating group) is 1. The van der Waals surface area contributed by atoms with Crippen LogP contribution < -0.4 is 4.90 Å². The summed E-state index contributed by atoms with van der Waals surface area (Å²) in [7, 11) is 0. The number of pyridine rings is 1. The molecule has 0 spiro atoms. The quantitative estimate of drug-likeness (QED) is 0.209. The number of amides is 1. The van der Waals surface area contributed by atoms with E-state index in [9.17, 15) is 4.79 Å². The van der Waals surface area contributed by atoms with Gasteiger partial charge in [-0.05, 0) is 55.2 Å². The molecule has 1 amide bonds. The molecule has 0 unspecified atom stereocenters. The first-order chi connectivity index (χ1) is 17.1. The number of hydrogen-bond donors (Lipinski definition) is 0. The number of nitrogens with zero attached hydrogens (tertiary/aromatic N) is 4. The summed E-state index contributed by atoms with van der Waals surface area (Å²) in [6.45, 7) is 9.62. The summed E-state index contributed by atoms with van der Waals surface area (Å²) < 4.78 is 1.10. The van der Waals surface area contributed by atoms with Crippen LogP contribution in [0.4, 0.5) is 5.13 Å². The van der Waals surface area contributed by atoms with Gasteiger partial charge in [0.15, 0.2) is 5.13 Å².